The fourth-order valence-corrected chi connectivity index (χ4v) is 3.06. The molecule has 120 valence electrons. The summed E-state index contributed by atoms with van der Waals surface area (Å²) >= 11 is 6.13. The zero-order valence-corrected chi connectivity index (χ0v) is 13.4. The van der Waals surface area contributed by atoms with Crippen LogP contribution in [0.1, 0.15) is 24.0 Å². The highest BCUT2D eigenvalue weighted by atomic mass is 35.5. The Balaban J connectivity index is 1.81. The standard InChI is InChI=1S/C18H16ClF2NO/c1-22(11-12-4-2-3-5-14(12)19)17(23)18(8-9-18)13-6-7-15(20)16(21)10-13/h2-7,10H,8-9,11H2,1H3. The quantitative estimate of drug-likeness (QED) is 0.815. The van der Waals surface area contributed by atoms with Crippen molar-refractivity contribution in [3.63, 3.8) is 0 Å². The van der Waals surface area contributed by atoms with Crippen LogP contribution in [0.25, 0.3) is 0 Å². The van der Waals surface area contributed by atoms with Crippen molar-refractivity contribution < 1.29 is 13.6 Å². The molecule has 0 spiro atoms. The van der Waals surface area contributed by atoms with Gasteiger partial charge in [-0.15, -0.1) is 0 Å². The largest absolute Gasteiger partial charge is 0.341 e. The van der Waals surface area contributed by atoms with Crippen LogP contribution in [0.15, 0.2) is 42.5 Å². The molecule has 23 heavy (non-hydrogen) atoms. The lowest BCUT2D eigenvalue weighted by Crippen LogP contribution is -2.36. The number of carbonyl (C=O) groups is 1. The van der Waals surface area contributed by atoms with Gasteiger partial charge < -0.3 is 4.90 Å². The van der Waals surface area contributed by atoms with Crippen LogP contribution >= 0.6 is 11.6 Å². The molecule has 2 aromatic carbocycles. The smallest absolute Gasteiger partial charge is 0.233 e. The van der Waals surface area contributed by atoms with Crippen LogP contribution in [0, 0.1) is 11.6 Å². The lowest BCUT2D eigenvalue weighted by molar-refractivity contribution is -0.133. The molecule has 1 aliphatic rings. The van der Waals surface area contributed by atoms with Gasteiger partial charge in [0.2, 0.25) is 5.91 Å². The highest BCUT2D eigenvalue weighted by molar-refractivity contribution is 6.31. The zero-order chi connectivity index (χ0) is 16.6. The van der Waals surface area contributed by atoms with E-state index in [9.17, 15) is 13.6 Å². The van der Waals surface area contributed by atoms with Gasteiger partial charge in [0, 0.05) is 18.6 Å². The molecule has 1 amide bonds. The van der Waals surface area contributed by atoms with E-state index >= 15 is 0 Å². The number of nitrogens with zero attached hydrogens (tertiary/aromatic N) is 1. The van der Waals surface area contributed by atoms with E-state index < -0.39 is 17.0 Å². The minimum absolute atomic E-state index is 0.0940. The lowest BCUT2D eigenvalue weighted by atomic mass is 9.94. The van der Waals surface area contributed by atoms with Gasteiger partial charge in [0.05, 0.1) is 5.41 Å². The summed E-state index contributed by atoms with van der Waals surface area (Å²) in [6.45, 7) is 0.379. The average Bonchev–Trinajstić information content (AvgIpc) is 3.33. The molecular formula is C18H16ClF2NO. The van der Waals surface area contributed by atoms with E-state index in [1.807, 2.05) is 18.2 Å². The summed E-state index contributed by atoms with van der Waals surface area (Å²) in [7, 11) is 1.70. The number of hydrogen-bond acceptors (Lipinski definition) is 1. The van der Waals surface area contributed by atoms with Gasteiger partial charge >= 0.3 is 0 Å². The van der Waals surface area contributed by atoms with Crippen molar-refractivity contribution in [3.05, 3.63) is 70.2 Å². The molecule has 0 heterocycles. The second kappa shape index (κ2) is 5.93. The van der Waals surface area contributed by atoms with Gasteiger partial charge in [0.25, 0.3) is 0 Å². The minimum atomic E-state index is -0.921. The Bertz CT molecular complexity index is 758. The number of likely N-dealkylation sites (N-methyl/N-ethyl adjacent to an activating group) is 1. The Labute approximate surface area is 138 Å². The summed E-state index contributed by atoms with van der Waals surface area (Å²) in [5.41, 5.74) is 0.656. The molecule has 3 rings (SSSR count). The molecule has 0 aliphatic heterocycles. The summed E-state index contributed by atoms with van der Waals surface area (Å²) < 4.78 is 26.6. The fourth-order valence-electron chi connectivity index (χ4n) is 2.86. The van der Waals surface area contributed by atoms with E-state index in [-0.39, 0.29) is 5.91 Å². The molecular weight excluding hydrogens is 320 g/mol. The Kier molecular flexibility index (Phi) is 4.11. The van der Waals surface area contributed by atoms with E-state index in [0.29, 0.717) is 30.0 Å². The summed E-state index contributed by atoms with van der Waals surface area (Å²) in [5, 5.41) is 0.602. The maximum absolute atomic E-state index is 13.5. The topological polar surface area (TPSA) is 20.3 Å². The Hall–Kier alpha value is -1.94. The van der Waals surface area contributed by atoms with Gasteiger partial charge in [-0.25, -0.2) is 8.78 Å². The molecule has 0 atom stereocenters. The lowest BCUT2D eigenvalue weighted by Gasteiger charge is -2.24. The number of benzene rings is 2. The maximum Gasteiger partial charge on any atom is 0.233 e. The SMILES string of the molecule is CN(Cc1ccccc1Cl)C(=O)C1(c2ccc(F)c(F)c2)CC1. The zero-order valence-electron chi connectivity index (χ0n) is 12.7. The Morgan fingerprint density at radius 3 is 2.48 bits per heavy atom. The number of carbonyl (C=O) groups excluding carboxylic acids is 1. The molecule has 0 aromatic heterocycles. The third kappa shape index (κ3) is 2.95. The third-order valence-corrected chi connectivity index (χ3v) is 4.71. The van der Waals surface area contributed by atoms with Crippen molar-refractivity contribution in [1.29, 1.82) is 0 Å². The average molecular weight is 336 g/mol. The monoisotopic (exact) mass is 335 g/mol. The van der Waals surface area contributed by atoms with E-state index in [0.717, 1.165) is 17.7 Å². The number of rotatable bonds is 4. The first kappa shape index (κ1) is 15.9. The molecule has 0 unspecified atom stereocenters. The predicted molar refractivity (Wildman–Crippen MR) is 85.2 cm³/mol. The van der Waals surface area contributed by atoms with Crippen LogP contribution < -0.4 is 0 Å². The van der Waals surface area contributed by atoms with Crippen molar-refractivity contribution in [3.8, 4) is 0 Å². The number of hydrogen-bond donors (Lipinski definition) is 0. The minimum Gasteiger partial charge on any atom is -0.341 e. The molecule has 2 nitrogen and oxygen atoms in total. The fraction of sp³-hybridized carbons (Fsp3) is 0.278. The first-order valence-electron chi connectivity index (χ1n) is 7.38. The van der Waals surface area contributed by atoms with Crippen molar-refractivity contribution in [2.45, 2.75) is 24.8 Å². The molecule has 2 aromatic rings. The number of amides is 1. The number of halogens is 3. The Morgan fingerprint density at radius 2 is 1.87 bits per heavy atom. The van der Waals surface area contributed by atoms with Crippen LogP contribution in [0.4, 0.5) is 8.78 Å². The highest BCUT2D eigenvalue weighted by Crippen LogP contribution is 2.49. The molecule has 1 saturated carbocycles. The van der Waals surface area contributed by atoms with Gasteiger partial charge in [-0.1, -0.05) is 35.9 Å². The third-order valence-electron chi connectivity index (χ3n) is 4.34. The van der Waals surface area contributed by atoms with Gasteiger partial charge in [0.1, 0.15) is 0 Å². The molecule has 0 N–H and O–H groups in total. The molecule has 1 aliphatic carbocycles. The first-order valence-corrected chi connectivity index (χ1v) is 7.76. The van der Waals surface area contributed by atoms with Crippen LogP contribution in [0.3, 0.4) is 0 Å². The van der Waals surface area contributed by atoms with E-state index in [1.54, 1.807) is 18.0 Å². The normalized spacial score (nSPS) is 15.3. The highest BCUT2D eigenvalue weighted by Gasteiger charge is 2.52. The van der Waals surface area contributed by atoms with Gasteiger partial charge in [0.15, 0.2) is 11.6 Å². The molecule has 5 heteroatoms. The van der Waals surface area contributed by atoms with Crippen molar-refractivity contribution in [2.24, 2.45) is 0 Å². The molecule has 0 bridgehead atoms. The van der Waals surface area contributed by atoms with Crippen LogP contribution in [0.5, 0.6) is 0 Å². The van der Waals surface area contributed by atoms with Gasteiger partial charge in [-0.05, 0) is 42.2 Å². The van der Waals surface area contributed by atoms with E-state index in [2.05, 4.69) is 0 Å². The second-order valence-corrected chi connectivity index (χ2v) is 6.37. The maximum atomic E-state index is 13.5. The summed E-state index contributed by atoms with van der Waals surface area (Å²) in [6, 6.07) is 11.0. The summed E-state index contributed by atoms with van der Waals surface area (Å²) in [5.74, 6) is -1.92. The van der Waals surface area contributed by atoms with Crippen LogP contribution in [-0.2, 0) is 16.8 Å². The van der Waals surface area contributed by atoms with Crippen molar-refractivity contribution in [2.75, 3.05) is 7.05 Å². The van der Waals surface area contributed by atoms with E-state index in [4.69, 9.17) is 11.6 Å². The summed E-state index contributed by atoms with van der Waals surface area (Å²) in [6.07, 6.45) is 1.29. The molecule has 0 saturated heterocycles. The molecule has 0 radical (unpaired) electrons. The van der Waals surface area contributed by atoms with Gasteiger partial charge in [-0.3, -0.25) is 4.79 Å². The first-order chi connectivity index (χ1) is 10.9. The second-order valence-electron chi connectivity index (χ2n) is 5.96. The van der Waals surface area contributed by atoms with E-state index in [1.165, 1.54) is 6.07 Å². The van der Waals surface area contributed by atoms with Gasteiger partial charge in [-0.2, -0.15) is 0 Å². The van der Waals surface area contributed by atoms with Crippen molar-refractivity contribution >= 4 is 17.5 Å². The van der Waals surface area contributed by atoms with Crippen LogP contribution in [-0.4, -0.2) is 17.9 Å². The van der Waals surface area contributed by atoms with Crippen molar-refractivity contribution in [1.82, 2.24) is 4.90 Å². The Morgan fingerprint density at radius 1 is 1.17 bits per heavy atom. The summed E-state index contributed by atoms with van der Waals surface area (Å²) in [4.78, 5) is 14.4. The van der Waals surface area contributed by atoms with Crippen LogP contribution in [0.2, 0.25) is 5.02 Å². The predicted octanol–water partition coefficient (Wildman–Crippen LogP) is 4.31. The molecule has 1 fully saturated rings.